The normalized spacial score (nSPS) is 10.6. The molecular weight excluding hydrogens is 322 g/mol. The van der Waals surface area contributed by atoms with E-state index >= 15 is 0 Å². The SMILES string of the molecule is CCSC(=O)c1c(CC)nc(-c2ccccc2)c(C(=O)O)c1CC. The number of nitrogens with zero attached hydrogens (tertiary/aromatic N) is 1. The van der Waals surface area contributed by atoms with Crippen molar-refractivity contribution >= 4 is 22.8 Å². The molecule has 0 saturated carbocycles. The highest BCUT2D eigenvalue weighted by atomic mass is 32.2. The minimum absolute atomic E-state index is 0.0965. The molecule has 1 heterocycles. The fourth-order valence-corrected chi connectivity index (χ4v) is 3.43. The van der Waals surface area contributed by atoms with Crippen LogP contribution in [0.1, 0.15) is 52.7 Å². The molecule has 0 unspecified atom stereocenters. The number of aromatic nitrogens is 1. The lowest BCUT2D eigenvalue weighted by Gasteiger charge is -2.17. The molecule has 0 radical (unpaired) electrons. The highest BCUT2D eigenvalue weighted by Crippen LogP contribution is 2.31. The summed E-state index contributed by atoms with van der Waals surface area (Å²) in [5, 5.41) is 9.68. The number of hydrogen-bond acceptors (Lipinski definition) is 4. The number of benzene rings is 1. The molecule has 0 aliphatic rings. The average Bonchev–Trinajstić information content (AvgIpc) is 2.60. The zero-order chi connectivity index (χ0) is 17.7. The number of pyridine rings is 1. The monoisotopic (exact) mass is 343 g/mol. The van der Waals surface area contributed by atoms with Gasteiger partial charge in [0.2, 0.25) is 5.12 Å². The lowest BCUT2D eigenvalue weighted by molar-refractivity contribution is 0.0696. The molecule has 2 aromatic rings. The predicted molar refractivity (Wildman–Crippen MR) is 97.9 cm³/mol. The topological polar surface area (TPSA) is 67.3 Å². The van der Waals surface area contributed by atoms with Crippen LogP contribution in [0, 0.1) is 0 Å². The molecule has 0 spiro atoms. The fraction of sp³-hybridized carbons (Fsp3) is 0.316. The van der Waals surface area contributed by atoms with Crippen molar-refractivity contribution in [1.29, 1.82) is 0 Å². The Morgan fingerprint density at radius 2 is 1.71 bits per heavy atom. The summed E-state index contributed by atoms with van der Waals surface area (Å²) in [7, 11) is 0. The van der Waals surface area contributed by atoms with E-state index in [1.165, 1.54) is 11.8 Å². The van der Waals surface area contributed by atoms with Gasteiger partial charge in [0.25, 0.3) is 0 Å². The van der Waals surface area contributed by atoms with E-state index < -0.39 is 5.97 Å². The Kier molecular flexibility index (Phi) is 6.15. The number of carboxylic acids is 1. The second kappa shape index (κ2) is 8.11. The lowest BCUT2D eigenvalue weighted by Crippen LogP contribution is -2.15. The van der Waals surface area contributed by atoms with E-state index in [0.29, 0.717) is 41.1 Å². The van der Waals surface area contributed by atoms with Crippen LogP contribution in [0.15, 0.2) is 30.3 Å². The van der Waals surface area contributed by atoms with Crippen LogP contribution in [0.5, 0.6) is 0 Å². The van der Waals surface area contributed by atoms with E-state index in [4.69, 9.17) is 0 Å². The summed E-state index contributed by atoms with van der Waals surface area (Å²) >= 11 is 1.19. The van der Waals surface area contributed by atoms with Gasteiger partial charge in [-0.2, -0.15) is 0 Å². The molecule has 0 bridgehead atoms. The van der Waals surface area contributed by atoms with Gasteiger partial charge in [0.15, 0.2) is 0 Å². The summed E-state index contributed by atoms with van der Waals surface area (Å²) in [6.07, 6.45) is 1.06. The summed E-state index contributed by atoms with van der Waals surface area (Å²) in [6.45, 7) is 5.72. The molecule has 1 N–H and O–H groups in total. The summed E-state index contributed by atoms with van der Waals surface area (Å²) in [5.74, 6) is -0.398. The molecule has 2 rings (SSSR count). The third-order valence-electron chi connectivity index (χ3n) is 3.80. The van der Waals surface area contributed by atoms with Gasteiger partial charge in [-0.15, -0.1) is 0 Å². The number of rotatable bonds is 6. The predicted octanol–water partition coefficient (Wildman–Crippen LogP) is 4.46. The Morgan fingerprint density at radius 3 is 2.21 bits per heavy atom. The van der Waals surface area contributed by atoms with Gasteiger partial charge < -0.3 is 5.11 Å². The Bertz CT molecular complexity index is 757. The Labute approximate surface area is 146 Å². The molecule has 0 atom stereocenters. The third-order valence-corrected chi connectivity index (χ3v) is 4.56. The molecule has 5 heteroatoms. The zero-order valence-corrected chi connectivity index (χ0v) is 14.9. The molecule has 0 saturated heterocycles. The van der Waals surface area contributed by atoms with Crippen LogP contribution in [0.25, 0.3) is 11.3 Å². The van der Waals surface area contributed by atoms with E-state index in [1.54, 1.807) is 0 Å². The minimum atomic E-state index is -1.04. The molecular formula is C19H21NO3S. The first-order valence-electron chi connectivity index (χ1n) is 8.06. The Balaban J connectivity index is 2.84. The van der Waals surface area contributed by atoms with Crippen molar-refractivity contribution in [3.8, 4) is 11.3 Å². The standard InChI is InChI=1S/C19H21NO3S/c1-4-13-15(19(23)24-6-3)14(5-2)20-17(16(13)18(21)22)12-10-8-7-9-11-12/h7-11H,4-6H2,1-3H3,(H,21,22). The van der Waals surface area contributed by atoms with E-state index in [-0.39, 0.29) is 10.7 Å². The van der Waals surface area contributed by atoms with Crippen LogP contribution in [-0.2, 0) is 12.8 Å². The van der Waals surface area contributed by atoms with Gasteiger partial charge in [-0.1, -0.05) is 62.9 Å². The van der Waals surface area contributed by atoms with Crippen LogP contribution in [0.4, 0.5) is 0 Å². The molecule has 0 aliphatic carbocycles. The molecule has 0 fully saturated rings. The van der Waals surface area contributed by atoms with Gasteiger partial charge >= 0.3 is 5.97 Å². The number of thioether (sulfide) groups is 1. The van der Waals surface area contributed by atoms with Gasteiger partial charge in [0.1, 0.15) is 0 Å². The number of carbonyl (C=O) groups is 2. The summed E-state index contributed by atoms with van der Waals surface area (Å²) in [6, 6.07) is 9.27. The lowest BCUT2D eigenvalue weighted by atomic mass is 9.93. The van der Waals surface area contributed by atoms with Gasteiger partial charge in [-0.3, -0.25) is 9.78 Å². The van der Waals surface area contributed by atoms with Crippen molar-refractivity contribution < 1.29 is 14.7 Å². The van der Waals surface area contributed by atoms with Crippen LogP contribution in [0.3, 0.4) is 0 Å². The molecule has 0 amide bonds. The maximum Gasteiger partial charge on any atom is 0.338 e. The van der Waals surface area contributed by atoms with E-state index in [9.17, 15) is 14.7 Å². The zero-order valence-electron chi connectivity index (χ0n) is 14.1. The molecule has 24 heavy (non-hydrogen) atoms. The van der Waals surface area contributed by atoms with E-state index in [0.717, 1.165) is 5.56 Å². The van der Waals surface area contributed by atoms with Crippen LogP contribution >= 0.6 is 11.8 Å². The first kappa shape index (κ1) is 18.2. The number of carbonyl (C=O) groups excluding carboxylic acids is 1. The van der Waals surface area contributed by atoms with Crippen molar-refractivity contribution in [2.75, 3.05) is 5.75 Å². The average molecular weight is 343 g/mol. The minimum Gasteiger partial charge on any atom is -0.478 e. The highest BCUT2D eigenvalue weighted by Gasteiger charge is 2.26. The van der Waals surface area contributed by atoms with E-state index in [1.807, 2.05) is 51.1 Å². The maximum atomic E-state index is 12.6. The number of carboxylic acid groups (broad SMARTS) is 1. The molecule has 126 valence electrons. The first-order chi connectivity index (χ1) is 11.5. The van der Waals surface area contributed by atoms with Crippen molar-refractivity contribution in [3.63, 3.8) is 0 Å². The summed E-state index contributed by atoms with van der Waals surface area (Å²) in [4.78, 5) is 29.1. The van der Waals surface area contributed by atoms with Crippen LogP contribution in [0.2, 0.25) is 0 Å². The summed E-state index contributed by atoms with van der Waals surface area (Å²) in [5.41, 5.74) is 3.06. The van der Waals surface area contributed by atoms with Gasteiger partial charge in [-0.25, -0.2) is 4.79 Å². The quantitative estimate of drug-likeness (QED) is 0.838. The number of hydrogen-bond donors (Lipinski definition) is 1. The summed E-state index contributed by atoms with van der Waals surface area (Å²) < 4.78 is 0. The highest BCUT2D eigenvalue weighted by molar-refractivity contribution is 8.14. The molecule has 1 aromatic heterocycles. The van der Waals surface area contributed by atoms with Crippen molar-refractivity contribution in [2.45, 2.75) is 33.6 Å². The second-order valence-electron chi connectivity index (χ2n) is 5.23. The number of aromatic carboxylic acids is 1. The van der Waals surface area contributed by atoms with Crippen LogP contribution in [-0.4, -0.2) is 26.9 Å². The Hall–Kier alpha value is -2.14. The second-order valence-corrected chi connectivity index (χ2v) is 6.47. The van der Waals surface area contributed by atoms with Crippen LogP contribution < -0.4 is 0 Å². The largest absolute Gasteiger partial charge is 0.478 e. The van der Waals surface area contributed by atoms with E-state index in [2.05, 4.69) is 4.98 Å². The smallest absolute Gasteiger partial charge is 0.338 e. The van der Waals surface area contributed by atoms with Gasteiger partial charge in [0.05, 0.1) is 22.5 Å². The third kappa shape index (κ3) is 3.51. The van der Waals surface area contributed by atoms with Gasteiger partial charge in [0, 0.05) is 5.56 Å². The Morgan fingerprint density at radius 1 is 1.04 bits per heavy atom. The maximum absolute atomic E-state index is 12.6. The molecule has 4 nitrogen and oxygen atoms in total. The first-order valence-corrected chi connectivity index (χ1v) is 9.05. The number of aryl methyl sites for hydroxylation is 1. The fourth-order valence-electron chi connectivity index (χ4n) is 2.78. The van der Waals surface area contributed by atoms with Gasteiger partial charge in [-0.05, 0) is 24.2 Å². The van der Waals surface area contributed by atoms with Crippen molar-refractivity contribution in [3.05, 3.63) is 52.7 Å². The van der Waals surface area contributed by atoms with Crippen molar-refractivity contribution in [1.82, 2.24) is 4.98 Å². The van der Waals surface area contributed by atoms with Crippen molar-refractivity contribution in [2.24, 2.45) is 0 Å². The molecule has 1 aromatic carbocycles. The molecule has 0 aliphatic heterocycles.